The lowest BCUT2D eigenvalue weighted by atomic mass is 9.49. The van der Waals surface area contributed by atoms with Crippen LogP contribution in [-0.2, 0) is 16.3 Å². The Bertz CT molecular complexity index is 1390. The molecule has 1 aromatic heterocycles. The third-order valence-corrected chi connectivity index (χ3v) is 9.31. The van der Waals surface area contributed by atoms with Gasteiger partial charge in [0.05, 0.1) is 16.5 Å². The lowest BCUT2D eigenvalue weighted by Crippen LogP contribution is -2.51. The van der Waals surface area contributed by atoms with Crippen molar-refractivity contribution in [3.63, 3.8) is 0 Å². The minimum atomic E-state index is -4.56. The number of carbonyl (C=O) groups excluding carboxylic acids is 1. The van der Waals surface area contributed by atoms with Gasteiger partial charge in [-0.05, 0) is 105 Å². The van der Waals surface area contributed by atoms with Crippen LogP contribution in [0.15, 0.2) is 59.6 Å². The zero-order valence-corrected chi connectivity index (χ0v) is 19.6. The smallest absolute Gasteiger partial charge is 0.379 e. The highest BCUT2D eigenvalue weighted by atomic mass is 32.2. The number of rotatable bonds is 4. The highest BCUT2D eigenvalue weighted by Crippen LogP contribution is 2.60. The van der Waals surface area contributed by atoms with E-state index in [0.717, 1.165) is 31.4 Å². The topological polar surface area (TPSA) is 65.4 Å². The summed E-state index contributed by atoms with van der Waals surface area (Å²) < 4.78 is 70.4. The van der Waals surface area contributed by atoms with Gasteiger partial charge in [0, 0.05) is 11.6 Å². The molecule has 7 rings (SSSR count). The Labute approximate surface area is 201 Å². The lowest BCUT2D eigenvalue weighted by molar-refractivity contribution is -0.137. The van der Waals surface area contributed by atoms with Crippen molar-refractivity contribution < 1.29 is 30.6 Å². The highest BCUT2D eigenvalue weighted by Gasteiger charge is 2.55. The van der Waals surface area contributed by atoms with Crippen molar-refractivity contribution in [2.45, 2.75) is 49.6 Å². The maximum atomic E-state index is 13.7. The van der Waals surface area contributed by atoms with Crippen molar-refractivity contribution >= 4 is 26.9 Å². The molecule has 1 heterocycles. The van der Waals surface area contributed by atoms with Crippen molar-refractivity contribution in [2.75, 3.05) is 0 Å². The van der Waals surface area contributed by atoms with Gasteiger partial charge in [0.15, 0.2) is 0 Å². The highest BCUT2D eigenvalue weighted by molar-refractivity contribution is 7.87. The maximum absolute atomic E-state index is 13.7. The molecule has 4 fully saturated rings. The summed E-state index contributed by atoms with van der Waals surface area (Å²) in [5, 5.41) is 0.656. The molecule has 5 nitrogen and oxygen atoms in total. The Morgan fingerprint density at radius 1 is 0.914 bits per heavy atom. The molecule has 184 valence electrons. The first-order valence-corrected chi connectivity index (χ1v) is 13.2. The molecule has 9 heteroatoms. The summed E-state index contributed by atoms with van der Waals surface area (Å²) in [5.41, 5.74) is -0.560. The Hall–Kier alpha value is -2.81. The van der Waals surface area contributed by atoms with Crippen LogP contribution in [0, 0.1) is 23.2 Å². The predicted molar refractivity (Wildman–Crippen MR) is 122 cm³/mol. The monoisotopic (exact) mass is 503 g/mol. The summed E-state index contributed by atoms with van der Waals surface area (Å²) in [7, 11) is -4.33. The van der Waals surface area contributed by atoms with Gasteiger partial charge in [0.1, 0.15) is 10.6 Å². The molecule has 0 saturated heterocycles. The number of alkyl halides is 3. The number of hydrogen-bond donors (Lipinski definition) is 0. The molecule has 0 aliphatic heterocycles. The first-order valence-electron chi connectivity index (χ1n) is 11.8. The van der Waals surface area contributed by atoms with E-state index in [1.54, 1.807) is 22.9 Å². The zero-order chi connectivity index (χ0) is 24.6. The molecule has 4 saturated carbocycles. The number of halogens is 3. The second kappa shape index (κ2) is 7.59. The molecule has 0 spiro atoms. The molecule has 0 N–H and O–H groups in total. The minimum Gasteiger partial charge on any atom is -0.379 e. The fourth-order valence-electron chi connectivity index (χ4n) is 6.96. The first kappa shape index (κ1) is 22.6. The number of carbonyl (C=O) groups is 1. The van der Waals surface area contributed by atoms with E-state index in [0.29, 0.717) is 40.8 Å². The van der Waals surface area contributed by atoms with E-state index in [1.165, 1.54) is 31.4 Å². The average Bonchev–Trinajstić information content (AvgIpc) is 3.20. The Kier molecular flexibility index (Phi) is 4.91. The number of aromatic nitrogens is 1. The molecular weight excluding hydrogens is 479 g/mol. The molecule has 3 aromatic rings. The van der Waals surface area contributed by atoms with Crippen LogP contribution in [0.25, 0.3) is 10.9 Å². The number of hydrogen-bond acceptors (Lipinski definition) is 4. The quantitative estimate of drug-likeness (QED) is 0.393. The van der Waals surface area contributed by atoms with Crippen LogP contribution in [0.2, 0.25) is 0 Å². The standard InChI is InChI=1S/C26H24F3NO4S/c27-26(28,29)20-1-4-22(5-2-20)35(32,33)34-21-3-6-23-19(12-21)7-8-30(23)24(31)25-13-16-9-17(14-25)11-18(10-16)15-25/h1-8,12,16-18H,9-11,13-15H2. The van der Waals surface area contributed by atoms with Gasteiger partial charge < -0.3 is 4.18 Å². The molecule has 0 unspecified atom stereocenters. The summed E-state index contributed by atoms with van der Waals surface area (Å²) in [6, 6.07) is 9.56. The molecule has 0 atom stereocenters. The first-order chi connectivity index (χ1) is 16.5. The van der Waals surface area contributed by atoms with Crippen molar-refractivity contribution in [3.8, 4) is 5.75 Å². The zero-order valence-electron chi connectivity index (χ0n) is 18.8. The third kappa shape index (κ3) is 3.84. The summed E-state index contributed by atoms with van der Waals surface area (Å²) in [4.78, 5) is 13.4. The van der Waals surface area contributed by atoms with E-state index in [-0.39, 0.29) is 22.0 Å². The predicted octanol–water partition coefficient (Wildman–Crippen LogP) is 6.28. The summed E-state index contributed by atoms with van der Waals surface area (Å²) in [6.07, 6.45) is 3.75. The third-order valence-electron chi connectivity index (χ3n) is 8.05. The van der Waals surface area contributed by atoms with Gasteiger partial charge >= 0.3 is 16.3 Å². The molecule has 2 aromatic carbocycles. The van der Waals surface area contributed by atoms with Gasteiger partial charge in [-0.2, -0.15) is 21.6 Å². The van der Waals surface area contributed by atoms with Crippen molar-refractivity contribution in [1.82, 2.24) is 4.57 Å². The minimum absolute atomic E-state index is 0.0254. The molecule has 35 heavy (non-hydrogen) atoms. The van der Waals surface area contributed by atoms with E-state index >= 15 is 0 Å². The van der Waals surface area contributed by atoms with Crippen molar-refractivity contribution in [3.05, 3.63) is 60.3 Å². The lowest BCUT2D eigenvalue weighted by Gasteiger charge is -2.55. The Morgan fingerprint density at radius 2 is 1.51 bits per heavy atom. The SMILES string of the molecule is O=C(n1ccc2cc(OS(=O)(=O)c3ccc(C(F)(F)F)cc3)ccc21)C12CC3CC(CC(C3)C1)C2. The van der Waals surface area contributed by atoms with Gasteiger partial charge in [-0.25, -0.2) is 0 Å². The van der Waals surface area contributed by atoms with Gasteiger partial charge in [0.25, 0.3) is 0 Å². The average molecular weight is 504 g/mol. The normalized spacial score (nSPS) is 27.9. The molecule has 4 aliphatic rings. The Balaban J connectivity index is 1.25. The number of fused-ring (bicyclic) bond motifs is 1. The summed E-state index contributed by atoms with van der Waals surface area (Å²) >= 11 is 0. The number of benzene rings is 2. The van der Waals surface area contributed by atoms with Crippen LogP contribution in [-0.4, -0.2) is 18.9 Å². The second-order valence-electron chi connectivity index (χ2n) is 10.5. The van der Waals surface area contributed by atoms with Crippen LogP contribution in [0.3, 0.4) is 0 Å². The van der Waals surface area contributed by atoms with E-state index in [9.17, 15) is 26.4 Å². The van der Waals surface area contributed by atoms with E-state index in [2.05, 4.69) is 0 Å². The number of nitrogens with zero attached hydrogens (tertiary/aromatic N) is 1. The van der Waals surface area contributed by atoms with Crippen LogP contribution in [0.1, 0.15) is 48.9 Å². The van der Waals surface area contributed by atoms with Gasteiger partial charge in [-0.15, -0.1) is 0 Å². The van der Waals surface area contributed by atoms with Crippen LogP contribution in [0.5, 0.6) is 5.75 Å². The fraction of sp³-hybridized carbons (Fsp3) is 0.423. The molecule has 4 aliphatic carbocycles. The molecule has 4 bridgehead atoms. The fourth-order valence-corrected chi connectivity index (χ4v) is 7.89. The summed E-state index contributed by atoms with van der Waals surface area (Å²) in [5.74, 6) is 2.07. The van der Waals surface area contributed by atoms with Crippen LogP contribution >= 0.6 is 0 Å². The van der Waals surface area contributed by atoms with E-state index in [4.69, 9.17) is 4.18 Å². The molecule has 0 radical (unpaired) electrons. The van der Waals surface area contributed by atoms with Crippen LogP contribution < -0.4 is 4.18 Å². The van der Waals surface area contributed by atoms with E-state index < -0.39 is 21.9 Å². The largest absolute Gasteiger partial charge is 0.416 e. The maximum Gasteiger partial charge on any atom is 0.416 e. The van der Waals surface area contributed by atoms with Gasteiger partial charge in [-0.3, -0.25) is 9.36 Å². The van der Waals surface area contributed by atoms with Gasteiger partial charge in [0.2, 0.25) is 5.91 Å². The van der Waals surface area contributed by atoms with Crippen LogP contribution in [0.4, 0.5) is 13.2 Å². The summed E-state index contributed by atoms with van der Waals surface area (Å²) in [6.45, 7) is 0. The molecular formula is C26H24F3NO4S. The van der Waals surface area contributed by atoms with E-state index in [1.807, 2.05) is 0 Å². The van der Waals surface area contributed by atoms with Crippen molar-refractivity contribution in [1.29, 1.82) is 0 Å². The Morgan fingerprint density at radius 3 is 2.09 bits per heavy atom. The van der Waals surface area contributed by atoms with Gasteiger partial charge in [-0.1, -0.05) is 0 Å². The molecule has 0 amide bonds. The van der Waals surface area contributed by atoms with Crippen molar-refractivity contribution in [2.24, 2.45) is 23.2 Å². The second-order valence-corrected chi connectivity index (χ2v) is 12.0.